The molecule has 0 aliphatic heterocycles. The van der Waals surface area contributed by atoms with Gasteiger partial charge in [-0.25, -0.2) is 4.98 Å². The molecule has 0 radical (unpaired) electrons. The van der Waals surface area contributed by atoms with Crippen LogP contribution in [-0.4, -0.2) is 30.8 Å². The Morgan fingerprint density at radius 1 is 1.50 bits per heavy atom. The molecule has 2 rings (SSSR count). The fourth-order valence-electron chi connectivity index (χ4n) is 2.02. The molecule has 0 bridgehead atoms. The number of aldehydes is 1. The Bertz CT molecular complexity index is 465. The number of carbonyl (C=O) groups is 2. The van der Waals surface area contributed by atoms with E-state index in [2.05, 4.69) is 10.3 Å². The summed E-state index contributed by atoms with van der Waals surface area (Å²) in [5, 5.41) is 2.96. The molecule has 1 heterocycles. The third kappa shape index (κ3) is 2.61. The molecular weight excluding hydrogens is 256 g/mol. The number of nitrogens with zero attached hydrogens (tertiary/aromatic N) is 1. The van der Waals surface area contributed by atoms with Crippen molar-refractivity contribution in [1.29, 1.82) is 0 Å². The van der Waals surface area contributed by atoms with Gasteiger partial charge in [-0.3, -0.25) is 4.79 Å². The Hall–Kier alpha value is -1.62. The third-order valence-corrected chi connectivity index (χ3v) is 3.28. The van der Waals surface area contributed by atoms with Gasteiger partial charge in [-0.1, -0.05) is 11.6 Å². The molecule has 1 N–H and O–H groups in total. The molecule has 1 aromatic heterocycles. The minimum absolute atomic E-state index is 0.00807. The number of aromatic nitrogens is 1. The van der Waals surface area contributed by atoms with Gasteiger partial charge in [0.15, 0.2) is 0 Å². The minimum Gasteiger partial charge on any atom is -0.475 e. The van der Waals surface area contributed by atoms with Gasteiger partial charge in [-0.2, -0.15) is 0 Å². The Morgan fingerprint density at radius 3 is 3.06 bits per heavy atom. The normalized spacial score (nSPS) is 17.1. The number of ether oxygens (including phenoxy) is 1. The van der Waals surface area contributed by atoms with E-state index in [1.165, 1.54) is 0 Å². The molecule has 1 unspecified atom stereocenters. The van der Waals surface area contributed by atoms with Gasteiger partial charge in [0.1, 0.15) is 17.9 Å². The summed E-state index contributed by atoms with van der Waals surface area (Å²) in [4.78, 5) is 25.0. The molecule has 0 spiro atoms. The van der Waals surface area contributed by atoms with Crippen molar-refractivity contribution >= 4 is 24.3 Å². The van der Waals surface area contributed by atoms with Crippen molar-refractivity contribution in [3.63, 3.8) is 0 Å². The highest BCUT2D eigenvalue weighted by Crippen LogP contribution is 2.35. The highest BCUT2D eigenvalue weighted by atomic mass is 35.5. The maximum Gasteiger partial charge on any atom is 0.232 e. The van der Waals surface area contributed by atoms with Crippen LogP contribution in [0.1, 0.15) is 11.1 Å². The first-order valence-corrected chi connectivity index (χ1v) is 6.05. The van der Waals surface area contributed by atoms with Crippen molar-refractivity contribution in [3.05, 3.63) is 22.3 Å². The zero-order valence-electron chi connectivity index (χ0n) is 9.69. The summed E-state index contributed by atoms with van der Waals surface area (Å²) in [6, 6.07) is 0. The summed E-state index contributed by atoms with van der Waals surface area (Å²) < 4.78 is 5.38. The minimum atomic E-state index is -0.00807. The van der Waals surface area contributed by atoms with Gasteiger partial charge in [0.05, 0.1) is 6.54 Å². The van der Waals surface area contributed by atoms with Crippen LogP contribution in [0.3, 0.4) is 0 Å². The lowest BCUT2D eigenvalue weighted by molar-refractivity contribution is -0.111. The number of rotatable bonds is 6. The molecule has 0 fully saturated rings. The molecule has 96 valence electrons. The van der Waals surface area contributed by atoms with E-state index in [1.807, 2.05) is 0 Å². The first-order chi connectivity index (χ1) is 8.76. The van der Waals surface area contributed by atoms with Crippen LogP contribution in [0.25, 0.3) is 0 Å². The Kier molecular flexibility index (Phi) is 4.15. The number of halogens is 1. The van der Waals surface area contributed by atoms with Crippen molar-refractivity contribution < 1.29 is 14.3 Å². The van der Waals surface area contributed by atoms with Crippen LogP contribution in [-0.2, 0) is 22.4 Å². The second-order valence-corrected chi connectivity index (χ2v) is 4.48. The van der Waals surface area contributed by atoms with Gasteiger partial charge in [0, 0.05) is 12.1 Å². The van der Waals surface area contributed by atoms with E-state index in [0.29, 0.717) is 43.3 Å². The van der Waals surface area contributed by atoms with Gasteiger partial charge >= 0.3 is 0 Å². The number of carbonyl (C=O) groups excluding carboxylic acids is 2. The lowest BCUT2D eigenvalue weighted by Gasteiger charge is -2.09. The Morgan fingerprint density at radius 2 is 2.33 bits per heavy atom. The number of amides is 1. The summed E-state index contributed by atoms with van der Waals surface area (Å²) in [5.74, 6) is 0.348. The van der Waals surface area contributed by atoms with Gasteiger partial charge in [0.2, 0.25) is 12.3 Å². The number of pyridine rings is 1. The predicted octanol–water partition coefficient (Wildman–Crippen LogP) is 0.773. The lowest BCUT2D eigenvalue weighted by Crippen LogP contribution is -2.19. The molecule has 1 aliphatic carbocycles. The second-order valence-electron chi connectivity index (χ2n) is 4.11. The average Bonchev–Trinajstić information content (AvgIpc) is 2.81. The molecule has 0 saturated carbocycles. The zero-order chi connectivity index (χ0) is 13.0. The third-order valence-electron chi connectivity index (χ3n) is 2.89. The summed E-state index contributed by atoms with van der Waals surface area (Å²) in [7, 11) is 0. The Labute approximate surface area is 109 Å². The maximum atomic E-state index is 10.8. The maximum absolute atomic E-state index is 10.8. The molecule has 6 heteroatoms. The van der Waals surface area contributed by atoms with E-state index in [9.17, 15) is 9.59 Å². The van der Waals surface area contributed by atoms with Crippen molar-refractivity contribution in [2.75, 3.05) is 13.2 Å². The first kappa shape index (κ1) is 12.8. The molecule has 5 nitrogen and oxygen atoms in total. The van der Waals surface area contributed by atoms with Crippen LogP contribution in [0, 0.1) is 5.92 Å². The monoisotopic (exact) mass is 268 g/mol. The zero-order valence-corrected chi connectivity index (χ0v) is 10.4. The molecule has 1 aliphatic rings. The van der Waals surface area contributed by atoms with Crippen molar-refractivity contribution in [2.45, 2.75) is 12.8 Å². The van der Waals surface area contributed by atoms with Gasteiger partial charge in [0.25, 0.3) is 0 Å². The van der Waals surface area contributed by atoms with E-state index in [-0.39, 0.29) is 5.92 Å². The number of nitrogens with one attached hydrogen (secondary N) is 1. The quantitative estimate of drug-likeness (QED) is 0.611. The molecule has 18 heavy (non-hydrogen) atoms. The van der Waals surface area contributed by atoms with Crippen LogP contribution < -0.4 is 10.1 Å². The first-order valence-electron chi connectivity index (χ1n) is 5.67. The number of hydrogen-bond acceptors (Lipinski definition) is 4. The summed E-state index contributed by atoms with van der Waals surface area (Å²) in [6.45, 7) is 0.705. The van der Waals surface area contributed by atoms with Crippen LogP contribution in [0.4, 0.5) is 0 Å². The number of fused-ring (bicyclic) bond motifs is 1. The van der Waals surface area contributed by atoms with Crippen LogP contribution in [0.5, 0.6) is 5.88 Å². The summed E-state index contributed by atoms with van der Waals surface area (Å²) in [6.07, 6.45) is 4.59. The lowest BCUT2D eigenvalue weighted by atomic mass is 10.1. The van der Waals surface area contributed by atoms with Crippen LogP contribution in [0.15, 0.2) is 6.20 Å². The topological polar surface area (TPSA) is 68.3 Å². The molecular formula is C12H13ClN2O3. The Balaban J connectivity index is 2.06. The van der Waals surface area contributed by atoms with E-state index in [0.717, 1.165) is 17.4 Å². The number of hydrogen-bond donors (Lipinski definition) is 1. The standard InChI is InChI=1S/C12H13ClN2O3/c13-11-10-4-8(6-16)3-9(10)5-15-12(11)18-2-1-14-7-17/h5-8H,1-4H2,(H,14,17). The van der Waals surface area contributed by atoms with Crippen molar-refractivity contribution in [3.8, 4) is 5.88 Å². The average molecular weight is 269 g/mol. The molecule has 1 atom stereocenters. The summed E-state index contributed by atoms with van der Waals surface area (Å²) in [5.41, 5.74) is 1.96. The fraction of sp³-hybridized carbons (Fsp3) is 0.417. The highest BCUT2D eigenvalue weighted by molar-refractivity contribution is 6.32. The van der Waals surface area contributed by atoms with Crippen LogP contribution in [0.2, 0.25) is 5.02 Å². The summed E-state index contributed by atoms with van der Waals surface area (Å²) >= 11 is 6.20. The largest absolute Gasteiger partial charge is 0.475 e. The predicted molar refractivity (Wildman–Crippen MR) is 65.8 cm³/mol. The van der Waals surface area contributed by atoms with Crippen molar-refractivity contribution in [2.24, 2.45) is 5.92 Å². The van der Waals surface area contributed by atoms with Gasteiger partial charge in [-0.15, -0.1) is 0 Å². The SMILES string of the molecule is O=CNCCOc1ncc2c(c1Cl)CC(C=O)C2. The van der Waals surface area contributed by atoms with E-state index >= 15 is 0 Å². The second kappa shape index (κ2) is 5.82. The van der Waals surface area contributed by atoms with E-state index in [4.69, 9.17) is 16.3 Å². The molecule has 1 amide bonds. The van der Waals surface area contributed by atoms with E-state index < -0.39 is 0 Å². The van der Waals surface area contributed by atoms with E-state index in [1.54, 1.807) is 6.20 Å². The smallest absolute Gasteiger partial charge is 0.232 e. The molecule has 1 aromatic rings. The van der Waals surface area contributed by atoms with Crippen LogP contribution >= 0.6 is 11.6 Å². The fourth-order valence-corrected chi connectivity index (χ4v) is 2.32. The van der Waals surface area contributed by atoms with Gasteiger partial charge in [-0.05, 0) is 24.0 Å². The molecule has 0 aromatic carbocycles. The highest BCUT2D eigenvalue weighted by Gasteiger charge is 2.25. The van der Waals surface area contributed by atoms with Gasteiger partial charge < -0.3 is 14.8 Å². The molecule has 0 saturated heterocycles. The van der Waals surface area contributed by atoms with Crippen molar-refractivity contribution in [1.82, 2.24) is 10.3 Å².